The Balaban J connectivity index is 1.34. The first-order valence-electron chi connectivity index (χ1n) is 10.9. The highest BCUT2D eigenvalue weighted by Crippen LogP contribution is 2.65. The van der Waals surface area contributed by atoms with Crippen LogP contribution in [0.5, 0.6) is 0 Å². The SMILES string of the molecule is O=C(Nc1ccccc1C(F)(F)F)c1ccccc1N1C(=O)[C@@H]2[C@@H]3C=C[C@H]([C@H]4C[C@H]34)[C@@H]2C1=O. The van der Waals surface area contributed by atoms with Gasteiger partial charge >= 0.3 is 6.18 Å². The first-order chi connectivity index (χ1) is 15.8. The first kappa shape index (κ1) is 20.2. The molecule has 3 amide bonds. The first-order valence-corrected chi connectivity index (χ1v) is 10.9. The molecule has 33 heavy (non-hydrogen) atoms. The van der Waals surface area contributed by atoms with Crippen molar-refractivity contribution in [1.82, 2.24) is 0 Å². The summed E-state index contributed by atoms with van der Waals surface area (Å²) in [7, 11) is 0. The van der Waals surface area contributed by atoms with Gasteiger partial charge < -0.3 is 5.32 Å². The molecule has 1 N–H and O–H groups in total. The van der Waals surface area contributed by atoms with E-state index in [4.69, 9.17) is 0 Å². The molecule has 0 aromatic heterocycles. The van der Waals surface area contributed by atoms with Gasteiger partial charge in [-0.1, -0.05) is 36.4 Å². The summed E-state index contributed by atoms with van der Waals surface area (Å²) in [5.74, 6) is -1.39. The Hall–Kier alpha value is -3.42. The van der Waals surface area contributed by atoms with Gasteiger partial charge in [-0.25, -0.2) is 4.90 Å². The predicted octanol–water partition coefficient (Wildman–Crippen LogP) is 4.52. The maximum absolute atomic E-state index is 13.4. The Labute approximate surface area is 187 Å². The topological polar surface area (TPSA) is 66.5 Å². The van der Waals surface area contributed by atoms with E-state index in [1.807, 2.05) is 0 Å². The van der Waals surface area contributed by atoms with Crippen LogP contribution in [0.3, 0.4) is 0 Å². The highest BCUT2D eigenvalue weighted by molar-refractivity contribution is 6.25. The van der Waals surface area contributed by atoms with Gasteiger partial charge in [0.1, 0.15) is 0 Å². The van der Waals surface area contributed by atoms with E-state index in [2.05, 4.69) is 17.5 Å². The number of carbonyl (C=O) groups excluding carboxylic acids is 3. The van der Waals surface area contributed by atoms with E-state index in [0.29, 0.717) is 11.8 Å². The van der Waals surface area contributed by atoms with Crippen molar-refractivity contribution in [2.24, 2.45) is 35.5 Å². The average Bonchev–Trinajstić information content (AvgIpc) is 3.57. The van der Waals surface area contributed by atoms with Gasteiger partial charge in [0.25, 0.3) is 5.91 Å². The molecule has 7 rings (SSSR count). The van der Waals surface area contributed by atoms with Crippen LogP contribution in [-0.4, -0.2) is 17.7 Å². The lowest BCUT2D eigenvalue weighted by Crippen LogP contribution is -2.40. The zero-order valence-electron chi connectivity index (χ0n) is 17.3. The lowest BCUT2D eigenvalue weighted by molar-refractivity contribution is -0.137. The van der Waals surface area contributed by atoms with Crippen LogP contribution in [-0.2, 0) is 15.8 Å². The van der Waals surface area contributed by atoms with E-state index in [1.165, 1.54) is 30.3 Å². The lowest BCUT2D eigenvalue weighted by atomic mass is 9.63. The number of hydrogen-bond acceptors (Lipinski definition) is 3. The van der Waals surface area contributed by atoms with Crippen LogP contribution < -0.4 is 10.2 Å². The minimum atomic E-state index is -4.65. The molecule has 3 fully saturated rings. The fraction of sp³-hybridized carbons (Fsp3) is 0.320. The molecule has 0 unspecified atom stereocenters. The van der Waals surface area contributed by atoms with Crippen molar-refractivity contribution in [3.8, 4) is 0 Å². The highest BCUT2D eigenvalue weighted by Gasteiger charge is 2.67. The molecule has 0 spiro atoms. The molecule has 2 aromatic carbocycles. The Morgan fingerprint density at radius 3 is 2.09 bits per heavy atom. The van der Waals surface area contributed by atoms with E-state index >= 15 is 0 Å². The van der Waals surface area contributed by atoms with Crippen molar-refractivity contribution in [3.63, 3.8) is 0 Å². The second-order valence-corrected chi connectivity index (χ2v) is 9.18. The zero-order valence-corrected chi connectivity index (χ0v) is 17.3. The normalized spacial score (nSPS) is 31.4. The summed E-state index contributed by atoms with van der Waals surface area (Å²) >= 11 is 0. The van der Waals surface area contributed by atoms with Crippen LogP contribution in [0.25, 0.3) is 0 Å². The van der Waals surface area contributed by atoms with Gasteiger partial charge in [0.15, 0.2) is 0 Å². The third kappa shape index (κ3) is 2.89. The number of nitrogens with zero attached hydrogens (tertiary/aromatic N) is 1. The van der Waals surface area contributed by atoms with Crippen LogP contribution in [0.4, 0.5) is 24.5 Å². The Morgan fingerprint density at radius 1 is 0.879 bits per heavy atom. The number of benzene rings is 2. The van der Waals surface area contributed by atoms with Crippen molar-refractivity contribution in [1.29, 1.82) is 0 Å². The highest BCUT2D eigenvalue weighted by atomic mass is 19.4. The van der Waals surface area contributed by atoms with E-state index in [1.54, 1.807) is 12.1 Å². The summed E-state index contributed by atoms with van der Waals surface area (Å²) in [6.07, 6.45) is 0.503. The summed E-state index contributed by atoms with van der Waals surface area (Å²) in [5.41, 5.74) is -1.28. The monoisotopic (exact) mass is 452 g/mol. The third-order valence-electron chi connectivity index (χ3n) is 7.53. The van der Waals surface area contributed by atoms with E-state index in [-0.39, 0.29) is 40.6 Å². The summed E-state index contributed by atoms with van der Waals surface area (Å²) in [5, 5.41) is 2.31. The van der Waals surface area contributed by atoms with Crippen molar-refractivity contribution in [2.45, 2.75) is 12.6 Å². The van der Waals surface area contributed by atoms with Gasteiger partial charge in [0, 0.05) is 0 Å². The van der Waals surface area contributed by atoms with Crippen molar-refractivity contribution < 1.29 is 27.6 Å². The molecule has 2 bridgehead atoms. The van der Waals surface area contributed by atoms with Gasteiger partial charge in [0.05, 0.1) is 34.3 Å². The van der Waals surface area contributed by atoms with E-state index < -0.39 is 29.5 Å². The Bertz CT molecular complexity index is 1200. The Morgan fingerprint density at radius 2 is 1.45 bits per heavy atom. The van der Waals surface area contributed by atoms with Crippen LogP contribution in [0.1, 0.15) is 22.3 Å². The predicted molar refractivity (Wildman–Crippen MR) is 113 cm³/mol. The molecule has 2 aromatic rings. The second kappa shape index (κ2) is 6.79. The number of amides is 3. The maximum Gasteiger partial charge on any atom is 0.418 e. The number of nitrogens with one attached hydrogen (secondary N) is 1. The number of para-hydroxylation sites is 2. The summed E-state index contributed by atoms with van der Waals surface area (Å²) in [6.45, 7) is 0. The molecule has 2 saturated carbocycles. The molecule has 1 heterocycles. The summed E-state index contributed by atoms with van der Waals surface area (Å²) in [4.78, 5) is 41.0. The largest absolute Gasteiger partial charge is 0.418 e. The standard InChI is InChI=1S/C25H19F3N2O3/c26-25(27,28)17-6-2-3-7-18(17)29-22(31)14-5-1-4-8-19(14)30-23(32)20-12-9-10-13(16-11-15(12)16)21(20)24(30)33/h1-10,12-13,15-16,20-21H,11H2,(H,29,31)/t12-,13-,15-,16-,20-,21+/m1/s1. The summed E-state index contributed by atoms with van der Waals surface area (Å²) in [6, 6.07) is 10.7. The van der Waals surface area contributed by atoms with E-state index in [0.717, 1.165) is 17.4 Å². The minimum absolute atomic E-state index is 0.0275. The second-order valence-electron chi connectivity index (χ2n) is 9.18. The molecule has 6 atom stereocenters. The number of anilines is 2. The number of carbonyl (C=O) groups is 3. The van der Waals surface area contributed by atoms with Crippen molar-refractivity contribution in [2.75, 3.05) is 10.2 Å². The fourth-order valence-corrected chi connectivity index (χ4v) is 6.08. The summed E-state index contributed by atoms with van der Waals surface area (Å²) < 4.78 is 40.1. The molecule has 5 aliphatic rings. The van der Waals surface area contributed by atoms with Gasteiger partial charge in [-0.05, 0) is 54.4 Å². The average molecular weight is 452 g/mol. The smallest absolute Gasteiger partial charge is 0.321 e. The number of alkyl halides is 3. The number of hydrogen-bond donors (Lipinski definition) is 1. The van der Waals surface area contributed by atoms with E-state index in [9.17, 15) is 27.6 Å². The number of rotatable bonds is 3. The number of allylic oxidation sites excluding steroid dienone is 2. The molecule has 168 valence electrons. The molecule has 5 nitrogen and oxygen atoms in total. The molecular formula is C25H19F3N2O3. The molecule has 1 saturated heterocycles. The van der Waals surface area contributed by atoms with Crippen LogP contribution in [0.15, 0.2) is 60.7 Å². The molecule has 8 heteroatoms. The van der Waals surface area contributed by atoms with Crippen LogP contribution >= 0.6 is 0 Å². The molecule has 1 aliphatic heterocycles. The number of halogens is 3. The Kier molecular flexibility index (Phi) is 4.16. The molecular weight excluding hydrogens is 433 g/mol. The van der Waals surface area contributed by atoms with Gasteiger partial charge in [-0.15, -0.1) is 0 Å². The van der Waals surface area contributed by atoms with Crippen LogP contribution in [0, 0.1) is 35.5 Å². The van der Waals surface area contributed by atoms with Crippen molar-refractivity contribution >= 4 is 29.1 Å². The van der Waals surface area contributed by atoms with Crippen molar-refractivity contribution in [3.05, 3.63) is 71.8 Å². The molecule has 4 aliphatic carbocycles. The quantitative estimate of drug-likeness (QED) is 0.550. The van der Waals surface area contributed by atoms with Gasteiger partial charge in [-0.2, -0.15) is 13.2 Å². The number of imide groups is 1. The lowest BCUT2D eigenvalue weighted by Gasteiger charge is -2.37. The zero-order chi connectivity index (χ0) is 23.1. The van der Waals surface area contributed by atoms with Crippen LogP contribution in [0.2, 0.25) is 0 Å². The third-order valence-corrected chi connectivity index (χ3v) is 7.53. The maximum atomic E-state index is 13.4. The van der Waals surface area contributed by atoms with Gasteiger partial charge in [0.2, 0.25) is 11.8 Å². The van der Waals surface area contributed by atoms with Gasteiger partial charge in [-0.3, -0.25) is 14.4 Å². The minimum Gasteiger partial charge on any atom is -0.321 e. The fourth-order valence-electron chi connectivity index (χ4n) is 6.08. The molecule has 0 radical (unpaired) electrons.